The second-order valence-electron chi connectivity index (χ2n) is 7.07. The van der Waals surface area contributed by atoms with E-state index in [2.05, 4.69) is 10.6 Å². The molecule has 1 aliphatic rings. The average Bonchev–Trinajstić information content (AvgIpc) is 3.17. The van der Waals surface area contributed by atoms with E-state index in [0.29, 0.717) is 29.4 Å². The molecule has 0 radical (unpaired) electrons. The summed E-state index contributed by atoms with van der Waals surface area (Å²) in [6.45, 7) is 2.49. The standard InChI is InChI=1S/C24H22FN3O3S/c1-2-31-21-12-8-18(9-13-21)26-24(30)27-19-5-3-4-16(14-19)23-28(22(29)15-32-23)20-10-6-17(25)7-11-20/h3-14,23H,2,15H2,1H3,(H2,26,27,30). The van der Waals surface area contributed by atoms with Gasteiger partial charge < -0.3 is 15.4 Å². The molecular weight excluding hydrogens is 429 g/mol. The van der Waals surface area contributed by atoms with E-state index in [9.17, 15) is 14.0 Å². The topological polar surface area (TPSA) is 70.7 Å². The maximum Gasteiger partial charge on any atom is 0.323 e. The first-order valence-electron chi connectivity index (χ1n) is 10.1. The van der Waals surface area contributed by atoms with Crippen LogP contribution in [0.3, 0.4) is 0 Å². The van der Waals surface area contributed by atoms with Gasteiger partial charge in [-0.1, -0.05) is 12.1 Å². The molecule has 3 amide bonds. The molecule has 1 aliphatic heterocycles. The fourth-order valence-electron chi connectivity index (χ4n) is 3.42. The summed E-state index contributed by atoms with van der Waals surface area (Å²) >= 11 is 1.49. The monoisotopic (exact) mass is 451 g/mol. The van der Waals surface area contributed by atoms with Gasteiger partial charge in [-0.2, -0.15) is 0 Å². The Bertz CT molecular complexity index is 1110. The molecule has 2 N–H and O–H groups in total. The molecule has 164 valence electrons. The molecule has 3 aromatic carbocycles. The number of thioether (sulfide) groups is 1. The summed E-state index contributed by atoms with van der Waals surface area (Å²) < 4.78 is 18.7. The highest BCUT2D eigenvalue weighted by molar-refractivity contribution is 8.00. The Kier molecular flexibility index (Phi) is 6.61. The van der Waals surface area contributed by atoms with Crippen molar-refractivity contribution in [3.63, 3.8) is 0 Å². The quantitative estimate of drug-likeness (QED) is 0.508. The van der Waals surface area contributed by atoms with Crippen molar-refractivity contribution in [1.29, 1.82) is 0 Å². The number of benzene rings is 3. The van der Waals surface area contributed by atoms with Crippen LogP contribution in [0.1, 0.15) is 17.9 Å². The number of anilines is 3. The van der Waals surface area contributed by atoms with Crippen LogP contribution in [0.15, 0.2) is 72.8 Å². The highest BCUT2D eigenvalue weighted by Gasteiger charge is 2.34. The van der Waals surface area contributed by atoms with Crippen LogP contribution in [-0.2, 0) is 4.79 Å². The Morgan fingerprint density at radius 1 is 1.06 bits per heavy atom. The Hall–Kier alpha value is -3.52. The van der Waals surface area contributed by atoms with E-state index >= 15 is 0 Å². The zero-order chi connectivity index (χ0) is 22.5. The van der Waals surface area contributed by atoms with Gasteiger partial charge in [0.1, 0.15) is 16.9 Å². The molecule has 0 saturated carbocycles. The number of hydrogen-bond acceptors (Lipinski definition) is 4. The number of carbonyl (C=O) groups is 2. The SMILES string of the molecule is CCOc1ccc(NC(=O)Nc2cccc(C3SCC(=O)N3c3ccc(F)cc3)c2)cc1. The fourth-order valence-corrected chi connectivity index (χ4v) is 4.58. The van der Waals surface area contributed by atoms with Crippen LogP contribution in [-0.4, -0.2) is 24.3 Å². The zero-order valence-electron chi connectivity index (χ0n) is 17.4. The molecule has 6 nitrogen and oxygen atoms in total. The molecule has 8 heteroatoms. The van der Waals surface area contributed by atoms with Crippen molar-refractivity contribution in [2.45, 2.75) is 12.3 Å². The van der Waals surface area contributed by atoms with Crippen LogP contribution < -0.4 is 20.3 Å². The molecular formula is C24H22FN3O3S. The number of carbonyl (C=O) groups excluding carboxylic acids is 2. The summed E-state index contributed by atoms with van der Waals surface area (Å²) in [4.78, 5) is 26.6. The molecule has 0 aromatic heterocycles. The minimum absolute atomic E-state index is 0.0433. The highest BCUT2D eigenvalue weighted by Crippen LogP contribution is 2.42. The lowest BCUT2D eigenvalue weighted by Gasteiger charge is -2.24. The van der Waals surface area contributed by atoms with Gasteiger partial charge in [-0.05, 0) is 73.2 Å². The predicted octanol–water partition coefficient (Wildman–Crippen LogP) is 5.65. The summed E-state index contributed by atoms with van der Waals surface area (Å²) in [5, 5.41) is 5.35. The molecule has 1 heterocycles. The number of halogens is 1. The predicted molar refractivity (Wildman–Crippen MR) is 126 cm³/mol. The van der Waals surface area contributed by atoms with Crippen molar-refractivity contribution >= 4 is 40.8 Å². The van der Waals surface area contributed by atoms with Gasteiger partial charge in [-0.3, -0.25) is 9.69 Å². The third-order valence-corrected chi connectivity index (χ3v) is 6.04. The lowest BCUT2D eigenvalue weighted by atomic mass is 10.1. The maximum atomic E-state index is 13.3. The van der Waals surface area contributed by atoms with Crippen molar-refractivity contribution in [2.24, 2.45) is 0 Å². The number of hydrogen-bond donors (Lipinski definition) is 2. The van der Waals surface area contributed by atoms with Crippen LogP contribution in [0, 0.1) is 5.82 Å². The van der Waals surface area contributed by atoms with Crippen LogP contribution in [0.2, 0.25) is 0 Å². The third kappa shape index (κ3) is 5.03. The van der Waals surface area contributed by atoms with Gasteiger partial charge in [0.25, 0.3) is 0 Å². The number of amides is 3. The number of nitrogens with zero attached hydrogens (tertiary/aromatic N) is 1. The average molecular weight is 452 g/mol. The first-order valence-corrected chi connectivity index (χ1v) is 11.2. The van der Waals surface area contributed by atoms with E-state index in [1.807, 2.05) is 25.1 Å². The zero-order valence-corrected chi connectivity index (χ0v) is 18.2. The number of rotatable bonds is 6. The van der Waals surface area contributed by atoms with Gasteiger partial charge in [0.15, 0.2) is 0 Å². The van der Waals surface area contributed by atoms with Gasteiger partial charge in [-0.25, -0.2) is 9.18 Å². The maximum absolute atomic E-state index is 13.3. The first kappa shape index (κ1) is 21.7. The molecule has 3 aromatic rings. The Balaban J connectivity index is 1.46. The van der Waals surface area contributed by atoms with E-state index in [1.54, 1.807) is 47.4 Å². The lowest BCUT2D eigenvalue weighted by molar-refractivity contribution is -0.115. The molecule has 1 fully saturated rings. The fraction of sp³-hybridized carbons (Fsp3) is 0.167. The third-order valence-electron chi connectivity index (χ3n) is 4.83. The highest BCUT2D eigenvalue weighted by atomic mass is 32.2. The summed E-state index contributed by atoms with van der Waals surface area (Å²) in [6, 6.07) is 20.0. The molecule has 32 heavy (non-hydrogen) atoms. The van der Waals surface area contributed by atoms with Gasteiger partial charge in [-0.15, -0.1) is 11.8 Å². The Morgan fingerprint density at radius 2 is 1.78 bits per heavy atom. The van der Waals surface area contributed by atoms with Crippen LogP contribution in [0.4, 0.5) is 26.2 Å². The Morgan fingerprint density at radius 3 is 2.50 bits per heavy atom. The molecule has 1 saturated heterocycles. The van der Waals surface area contributed by atoms with E-state index < -0.39 is 0 Å². The number of ether oxygens (including phenoxy) is 1. The molecule has 0 bridgehead atoms. The lowest BCUT2D eigenvalue weighted by Crippen LogP contribution is -2.27. The van der Waals surface area contributed by atoms with E-state index in [1.165, 1.54) is 23.9 Å². The molecule has 1 unspecified atom stereocenters. The minimum Gasteiger partial charge on any atom is -0.494 e. The van der Waals surface area contributed by atoms with Gasteiger partial charge in [0.2, 0.25) is 5.91 Å². The van der Waals surface area contributed by atoms with Crippen molar-refractivity contribution in [1.82, 2.24) is 0 Å². The molecule has 0 aliphatic carbocycles. The van der Waals surface area contributed by atoms with E-state index in [4.69, 9.17) is 4.74 Å². The summed E-state index contributed by atoms with van der Waals surface area (Å²) in [5.74, 6) is 0.672. The van der Waals surface area contributed by atoms with E-state index in [0.717, 1.165) is 11.3 Å². The largest absolute Gasteiger partial charge is 0.494 e. The van der Waals surface area contributed by atoms with Crippen molar-refractivity contribution < 1.29 is 18.7 Å². The van der Waals surface area contributed by atoms with Crippen molar-refractivity contribution in [2.75, 3.05) is 27.9 Å². The minimum atomic E-state index is -0.378. The normalized spacial score (nSPS) is 15.5. The number of nitrogens with one attached hydrogen (secondary N) is 2. The van der Waals surface area contributed by atoms with Crippen molar-refractivity contribution in [3.8, 4) is 5.75 Å². The molecule has 4 rings (SSSR count). The number of urea groups is 1. The van der Waals surface area contributed by atoms with Gasteiger partial charge in [0.05, 0.1) is 12.4 Å². The first-order chi connectivity index (χ1) is 15.5. The van der Waals surface area contributed by atoms with E-state index in [-0.39, 0.29) is 23.1 Å². The smallest absolute Gasteiger partial charge is 0.323 e. The molecule has 1 atom stereocenters. The van der Waals surface area contributed by atoms with Crippen LogP contribution in [0.5, 0.6) is 5.75 Å². The summed E-state index contributed by atoms with van der Waals surface area (Å²) in [6.07, 6.45) is 0. The second-order valence-corrected chi connectivity index (χ2v) is 8.13. The Labute approximate surface area is 189 Å². The second kappa shape index (κ2) is 9.74. The summed E-state index contributed by atoms with van der Waals surface area (Å²) in [7, 11) is 0. The van der Waals surface area contributed by atoms with Gasteiger partial charge in [0, 0.05) is 17.1 Å². The van der Waals surface area contributed by atoms with Gasteiger partial charge >= 0.3 is 6.03 Å². The van der Waals surface area contributed by atoms with Crippen LogP contribution >= 0.6 is 11.8 Å². The van der Waals surface area contributed by atoms with Crippen molar-refractivity contribution in [3.05, 3.63) is 84.2 Å². The molecule has 0 spiro atoms. The summed E-state index contributed by atoms with van der Waals surface area (Å²) in [5.41, 5.74) is 2.74. The van der Waals surface area contributed by atoms with Crippen LogP contribution in [0.25, 0.3) is 0 Å².